The summed E-state index contributed by atoms with van der Waals surface area (Å²) in [4.78, 5) is 10.6. The zero-order chi connectivity index (χ0) is 32.0. The molecule has 0 fully saturated rings. The van der Waals surface area contributed by atoms with Gasteiger partial charge >= 0.3 is 0 Å². The minimum absolute atomic E-state index is 0.717. The van der Waals surface area contributed by atoms with Gasteiger partial charge < -0.3 is 0 Å². The van der Waals surface area contributed by atoms with Crippen molar-refractivity contribution < 1.29 is 0 Å². The first-order chi connectivity index (χ1) is 23.7. The fourth-order valence-electron chi connectivity index (χ4n) is 7.36. The van der Waals surface area contributed by atoms with Gasteiger partial charge in [0.05, 0.1) is 11.4 Å². The summed E-state index contributed by atoms with van der Waals surface area (Å²) in [6.07, 6.45) is 0.717. The lowest BCUT2D eigenvalue weighted by Gasteiger charge is -2.16. The van der Waals surface area contributed by atoms with Gasteiger partial charge in [-0.2, -0.15) is 0 Å². The molecule has 1 aliphatic heterocycles. The zero-order valence-corrected chi connectivity index (χ0v) is 26.7. The number of hydrogen-bond donors (Lipinski definition) is 0. The highest BCUT2D eigenvalue weighted by atomic mass is 14.9. The smallest absolute Gasteiger partial charge is 0.160 e. The second-order valence-corrected chi connectivity index (χ2v) is 12.6. The molecule has 226 valence electrons. The minimum atomic E-state index is 0.717. The van der Waals surface area contributed by atoms with Crippen molar-refractivity contribution in [1.82, 2.24) is 0 Å². The SMILES string of the molecule is CC1=C(c2ccccc2-c2ccc3ccc4c5ccccc5c5ccccc5c4c3c2)N=C(c2ccccc2)N=C(c2ccccc2)C1. The highest BCUT2D eigenvalue weighted by molar-refractivity contribution is 6.31. The topological polar surface area (TPSA) is 24.7 Å². The van der Waals surface area contributed by atoms with E-state index < -0.39 is 0 Å². The third-order valence-electron chi connectivity index (χ3n) is 9.65. The van der Waals surface area contributed by atoms with E-state index in [1.807, 2.05) is 6.07 Å². The second kappa shape index (κ2) is 11.6. The molecule has 0 unspecified atom stereocenters. The summed E-state index contributed by atoms with van der Waals surface area (Å²) in [6, 6.07) is 58.6. The lowest BCUT2D eigenvalue weighted by molar-refractivity contribution is 1.25. The van der Waals surface area contributed by atoms with Crippen molar-refractivity contribution in [2.45, 2.75) is 13.3 Å². The molecule has 8 aromatic carbocycles. The summed E-state index contributed by atoms with van der Waals surface area (Å²) >= 11 is 0. The molecule has 2 nitrogen and oxygen atoms in total. The van der Waals surface area contributed by atoms with Crippen LogP contribution in [0.1, 0.15) is 30.0 Å². The number of hydrogen-bond acceptors (Lipinski definition) is 2. The minimum Gasteiger partial charge on any atom is -0.232 e. The standard InChI is InChI=1S/C46H32N2/c1-30-28-43(32-14-4-2-5-15-32)47-46(33-16-6-3-7-17-33)48-45(30)41-23-13-8-18-35(41)34-25-24-31-26-27-40-38-21-10-9-19-36(38)37-20-11-12-22-39(37)44(40)42(31)29-34/h2-27,29H,28H2,1H3. The van der Waals surface area contributed by atoms with Gasteiger partial charge in [0.15, 0.2) is 5.84 Å². The van der Waals surface area contributed by atoms with Gasteiger partial charge in [0.2, 0.25) is 0 Å². The van der Waals surface area contributed by atoms with E-state index in [-0.39, 0.29) is 0 Å². The first-order valence-electron chi connectivity index (χ1n) is 16.6. The molecular weight excluding hydrogens is 581 g/mol. The molecule has 0 aromatic heterocycles. The fraction of sp³-hybridized carbons (Fsp3) is 0.0435. The van der Waals surface area contributed by atoms with Crippen LogP contribution in [-0.2, 0) is 0 Å². The summed E-state index contributed by atoms with van der Waals surface area (Å²) < 4.78 is 0. The van der Waals surface area contributed by atoms with Gasteiger partial charge in [-0.25, -0.2) is 9.98 Å². The van der Waals surface area contributed by atoms with Crippen molar-refractivity contribution in [3.8, 4) is 11.1 Å². The molecule has 0 bridgehead atoms. The molecule has 0 spiro atoms. The van der Waals surface area contributed by atoms with Crippen LogP contribution < -0.4 is 0 Å². The lowest BCUT2D eigenvalue weighted by Crippen LogP contribution is -2.05. The molecule has 0 N–H and O–H groups in total. The van der Waals surface area contributed by atoms with Crippen molar-refractivity contribution in [3.05, 3.63) is 186 Å². The average molecular weight is 613 g/mol. The van der Waals surface area contributed by atoms with Crippen molar-refractivity contribution in [3.63, 3.8) is 0 Å². The fourth-order valence-corrected chi connectivity index (χ4v) is 7.36. The molecule has 0 aliphatic carbocycles. The van der Waals surface area contributed by atoms with E-state index in [2.05, 4.69) is 165 Å². The van der Waals surface area contributed by atoms with E-state index >= 15 is 0 Å². The summed E-state index contributed by atoms with van der Waals surface area (Å²) in [7, 11) is 0. The van der Waals surface area contributed by atoms with Gasteiger partial charge in [-0.05, 0) is 78.3 Å². The van der Waals surface area contributed by atoms with Crippen LogP contribution in [0, 0.1) is 0 Å². The highest BCUT2D eigenvalue weighted by Gasteiger charge is 2.20. The third-order valence-corrected chi connectivity index (χ3v) is 9.65. The summed E-state index contributed by atoms with van der Waals surface area (Å²) in [5.41, 5.74) is 8.78. The van der Waals surface area contributed by atoms with Crippen LogP contribution in [0.25, 0.3) is 59.9 Å². The largest absolute Gasteiger partial charge is 0.232 e. The number of nitrogens with zero attached hydrogens (tertiary/aromatic N) is 2. The van der Waals surface area contributed by atoms with Crippen LogP contribution in [0.15, 0.2) is 179 Å². The van der Waals surface area contributed by atoms with Crippen LogP contribution in [0.5, 0.6) is 0 Å². The number of allylic oxidation sites excluding steroid dienone is 1. The van der Waals surface area contributed by atoms with Crippen LogP contribution in [0.2, 0.25) is 0 Å². The number of amidine groups is 1. The van der Waals surface area contributed by atoms with E-state index in [0.29, 0.717) is 0 Å². The molecule has 0 amide bonds. The molecule has 48 heavy (non-hydrogen) atoms. The van der Waals surface area contributed by atoms with Gasteiger partial charge in [-0.1, -0.05) is 158 Å². The number of fused-ring (bicyclic) bond motifs is 8. The molecule has 0 saturated heterocycles. The third kappa shape index (κ3) is 4.73. The van der Waals surface area contributed by atoms with Crippen LogP contribution >= 0.6 is 0 Å². The van der Waals surface area contributed by atoms with Gasteiger partial charge in [-0.15, -0.1) is 0 Å². The average Bonchev–Trinajstić information content (AvgIpc) is 3.34. The Morgan fingerprint density at radius 3 is 1.67 bits per heavy atom. The van der Waals surface area contributed by atoms with Crippen LogP contribution in [-0.4, -0.2) is 11.5 Å². The Balaban J connectivity index is 1.27. The molecule has 8 aromatic rings. The zero-order valence-electron chi connectivity index (χ0n) is 26.7. The summed E-state index contributed by atoms with van der Waals surface area (Å²) in [5, 5.41) is 10.2. The lowest BCUT2D eigenvalue weighted by atomic mass is 9.89. The Hall–Kier alpha value is -6.12. The first kappa shape index (κ1) is 28.1. The highest BCUT2D eigenvalue weighted by Crippen LogP contribution is 2.41. The molecule has 0 radical (unpaired) electrons. The Bertz CT molecular complexity index is 2590. The molecule has 0 atom stereocenters. The van der Waals surface area contributed by atoms with E-state index in [9.17, 15) is 0 Å². The first-order valence-corrected chi connectivity index (χ1v) is 16.6. The molecule has 9 rings (SSSR count). The maximum Gasteiger partial charge on any atom is 0.160 e. The van der Waals surface area contributed by atoms with Gasteiger partial charge in [-0.3, -0.25) is 0 Å². The van der Waals surface area contributed by atoms with Crippen LogP contribution in [0.3, 0.4) is 0 Å². The summed E-state index contributed by atoms with van der Waals surface area (Å²) in [5.74, 6) is 0.735. The van der Waals surface area contributed by atoms with Crippen LogP contribution in [0.4, 0.5) is 0 Å². The Morgan fingerprint density at radius 1 is 0.417 bits per heavy atom. The number of aliphatic imine (C=N–C) groups is 2. The Labute approximate surface area is 280 Å². The van der Waals surface area contributed by atoms with Gasteiger partial charge in [0, 0.05) is 17.5 Å². The van der Waals surface area contributed by atoms with E-state index in [4.69, 9.17) is 9.98 Å². The van der Waals surface area contributed by atoms with Crippen molar-refractivity contribution >= 4 is 60.3 Å². The summed E-state index contributed by atoms with van der Waals surface area (Å²) in [6.45, 7) is 2.20. The normalized spacial score (nSPS) is 13.6. The van der Waals surface area contributed by atoms with Gasteiger partial charge in [0.1, 0.15) is 0 Å². The Morgan fingerprint density at radius 2 is 0.958 bits per heavy atom. The predicted molar refractivity (Wildman–Crippen MR) is 205 cm³/mol. The molecule has 1 heterocycles. The van der Waals surface area contributed by atoms with E-state index in [1.165, 1.54) is 54.2 Å². The quantitative estimate of drug-likeness (QED) is 0.177. The van der Waals surface area contributed by atoms with E-state index in [1.54, 1.807) is 0 Å². The molecule has 1 aliphatic rings. The van der Waals surface area contributed by atoms with Crippen molar-refractivity contribution in [1.29, 1.82) is 0 Å². The molecular formula is C46H32N2. The molecule has 0 saturated carbocycles. The van der Waals surface area contributed by atoms with Gasteiger partial charge in [0.25, 0.3) is 0 Å². The number of benzene rings is 8. The second-order valence-electron chi connectivity index (χ2n) is 12.6. The van der Waals surface area contributed by atoms with Crippen molar-refractivity contribution in [2.75, 3.05) is 0 Å². The maximum absolute atomic E-state index is 5.36. The Kier molecular flexibility index (Phi) is 6.80. The monoisotopic (exact) mass is 612 g/mol. The molecule has 2 heteroatoms. The maximum atomic E-state index is 5.36. The van der Waals surface area contributed by atoms with E-state index in [0.717, 1.165) is 45.9 Å². The predicted octanol–water partition coefficient (Wildman–Crippen LogP) is 12.0. The number of rotatable bonds is 4. The van der Waals surface area contributed by atoms with Crippen molar-refractivity contribution in [2.24, 2.45) is 9.98 Å².